The fourth-order valence-electron chi connectivity index (χ4n) is 3.36. The Kier molecular flexibility index (Phi) is 6.64. The summed E-state index contributed by atoms with van der Waals surface area (Å²) in [5.74, 6) is -0.609. The smallest absolute Gasteiger partial charge is 0.251 e. The zero-order chi connectivity index (χ0) is 20.8. The number of guanidine groups is 1. The Morgan fingerprint density at radius 3 is 2.48 bits per heavy atom. The minimum absolute atomic E-state index is 0.0239. The van der Waals surface area contributed by atoms with E-state index in [0.717, 1.165) is 12.0 Å². The van der Waals surface area contributed by atoms with E-state index in [0.29, 0.717) is 31.2 Å². The first-order chi connectivity index (χ1) is 14.0. The van der Waals surface area contributed by atoms with Crippen molar-refractivity contribution in [1.82, 2.24) is 16.0 Å². The molecule has 1 amide bonds. The summed E-state index contributed by atoms with van der Waals surface area (Å²) in [7, 11) is 3.27. The molecule has 6 nitrogen and oxygen atoms in total. The number of halogens is 2. The molecule has 0 spiro atoms. The molecule has 2 aromatic carbocycles. The molecule has 1 unspecified atom stereocenters. The summed E-state index contributed by atoms with van der Waals surface area (Å²) in [5.41, 5.74) is 1.63. The number of rotatable bonds is 5. The van der Waals surface area contributed by atoms with Crippen LogP contribution in [0.2, 0.25) is 0 Å². The number of benzene rings is 2. The number of hydrogen-bond donors (Lipinski definition) is 3. The van der Waals surface area contributed by atoms with Gasteiger partial charge in [-0.25, -0.2) is 8.78 Å². The Hall–Kier alpha value is -3.16. The Morgan fingerprint density at radius 2 is 1.86 bits per heavy atom. The zero-order valence-electron chi connectivity index (χ0n) is 16.5. The molecule has 0 radical (unpaired) electrons. The maximum Gasteiger partial charge on any atom is 0.251 e. The average molecular weight is 401 g/mol. The number of carbonyl (C=O) groups excluding carboxylic acids is 1. The van der Waals surface area contributed by atoms with E-state index in [2.05, 4.69) is 20.9 Å². The number of anilines is 1. The lowest BCUT2D eigenvalue weighted by atomic mass is 10.1. The fourth-order valence-corrected chi connectivity index (χ4v) is 3.36. The average Bonchev–Trinajstić information content (AvgIpc) is 3.18. The van der Waals surface area contributed by atoms with Gasteiger partial charge >= 0.3 is 0 Å². The van der Waals surface area contributed by atoms with Crippen molar-refractivity contribution < 1.29 is 13.6 Å². The molecule has 0 aliphatic carbocycles. The summed E-state index contributed by atoms with van der Waals surface area (Å²) in [5, 5.41) is 9.11. The highest BCUT2D eigenvalue weighted by Crippen LogP contribution is 2.26. The highest BCUT2D eigenvalue weighted by atomic mass is 19.1. The van der Waals surface area contributed by atoms with Crippen LogP contribution in [0, 0.1) is 11.6 Å². The van der Waals surface area contributed by atoms with Crippen molar-refractivity contribution in [2.45, 2.75) is 19.0 Å². The molecule has 0 saturated carbocycles. The largest absolute Gasteiger partial charge is 0.365 e. The standard InChI is InChI=1S/C21H25F2N5O/c1-24-20(29)15-8-6-14(7-9-15)12-26-21(25-2)27-16-10-11-28(13-16)19-17(22)4-3-5-18(19)23/h3-9,16H,10-13H2,1-2H3,(H,24,29)(H2,25,26,27). The van der Waals surface area contributed by atoms with Crippen molar-refractivity contribution >= 4 is 17.6 Å². The van der Waals surface area contributed by atoms with Gasteiger partial charge in [-0.15, -0.1) is 0 Å². The van der Waals surface area contributed by atoms with Crippen LogP contribution in [-0.2, 0) is 6.54 Å². The molecule has 29 heavy (non-hydrogen) atoms. The minimum Gasteiger partial charge on any atom is -0.365 e. The lowest BCUT2D eigenvalue weighted by Gasteiger charge is -2.21. The summed E-state index contributed by atoms with van der Waals surface area (Å²) in [4.78, 5) is 17.5. The molecule has 1 fully saturated rings. The third-order valence-electron chi connectivity index (χ3n) is 4.91. The van der Waals surface area contributed by atoms with Gasteiger partial charge < -0.3 is 20.9 Å². The summed E-state index contributed by atoms with van der Waals surface area (Å²) >= 11 is 0. The molecule has 3 rings (SSSR count). The predicted molar refractivity (Wildman–Crippen MR) is 110 cm³/mol. The van der Waals surface area contributed by atoms with Gasteiger partial charge in [0, 0.05) is 45.3 Å². The van der Waals surface area contributed by atoms with Crippen LogP contribution in [0.25, 0.3) is 0 Å². The highest BCUT2D eigenvalue weighted by Gasteiger charge is 2.27. The number of aliphatic imine (C=N–C) groups is 1. The first-order valence-electron chi connectivity index (χ1n) is 9.49. The second-order valence-corrected chi connectivity index (χ2v) is 6.85. The van der Waals surface area contributed by atoms with Crippen LogP contribution in [0.5, 0.6) is 0 Å². The molecule has 1 atom stereocenters. The van der Waals surface area contributed by atoms with Crippen LogP contribution in [-0.4, -0.2) is 45.1 Å². The Labute approximate surface area is 169 Å². The molecule has 0 aromatic heterocycles. The molecule has 8 heteroatoms. The van der Waals surface area contributed by atoms with E-state index in [1.54, 1.807) is 31.1 Å². The van der Waals surface area contributed by atoms with E-state index in [9.17, 15) is 13.6 Å². The first-order valence-corrected chi connectivity index (χ1v) is 9.49. The quantitative estimate of drug-likeness (QED) is 0.531. The zero-order valence-corrected chi connectivity index (χ0v) is 16.5. The first kappa shape index (κ1) is 20.6. The monoisotopic (exact) mass is 401 g/mol. The van der Waals surface area contributed by atoms with Gasteiger partial charge in [-0.1, -0.05) is 18.2 Å². The van der Waals surface area contributed by atoms with Crippen molar-refractivity contribution in [1.29, 1.82) is 0 Å². The molecule has 1 aliphatic rings. The number of carbonyl (C=O) groups is 1. The lowest BCUT2D eigenvalue weighted by Crippen LogP contribution is -2.44. The summed E-state index contributed by atoms with van der Waals surface area (Å²) in [6, 6.07) is 11.2. The van der Waals surface area contributed by atoms with Crippen molar-refractivity contribution in [3.8, 4) is 0 Å². The van der Waals surface area contributed by atoms with Crippen molar-refractivity contribution in [2.75, 3.05) is 32.1 Å². The van der Waals surface area contributed by atoms with E-state index in [1.165, 1.54) is 18.2 Å². The molecule has 2 aromatic rings. The van der Waals surface area contributed by atoms with Gasteiger partial charge in [-0.2, -0.15) is 0 Å². The van der Waals surface area contributed by atoms with Crippen LogP contribution in [0.1, 0.15) is 22.3 Å². The molecule has 0 bridgehead atoms. The maximum atomic E-state index is 14.0. The van der Waals surface area contributed by atoms with Gasteiger partial charge in [-0.05, 0) is 36.2 Å². The second-order valence-electron chi connectivity index (χ2n) is 6.85. The molecule has 1 saturated heterocycles. The third kappa shape index (κ3) is 5.01. The van der Waals surface area contributed by atoms with Crippen molar-refractivity contribution in [3.05, 3.63) is 65.2 Å². The van der Waals surface area contributed by atoms with E-state index >= 15 is 0 Å². The van der Waals surface area contributed by atoms with E-state index in [1.807, 2.05) is 12.1 Å². The number of nitrogens with one attached hydrogen (secondary N) is 3. The number of nitrogens with zero attached hydrogens (tertiary/aromatic N) is 2. The van der Waals surface area contributed by atoms with Gasteiger partial charge in [0.15, 0.2) is 5.96 Å². The normalized spacial score (nSPS) is 16.6. The van der Waals surface area contributed by atoms with Gasteiger partial charge in [0.25, 0.3) is 5.91 Å². The minimum atomic E-state index is -0.548. The predicted octanol–water partition coefficient (Wildman–Crippen LogP) is 2.27. The Morgan fingerprint density at radius 1 is 1.17 bits per heavy atom. The van der Waals surface area contributed by atoms with Crippen LogP contribution in [0.4, 0.5) is 14.5 Å². The van der Waals surface area contributed by atoms with E-state index in [4.69, 9.17) is 0 Å². The van der Waals surface area contributed by atoms with Crippen LogP contribution in [0.3, 0.4) is 0 Å². The summed E-state index contributed by atoms with van der Waals surface area (Å²) in [6.45, 7) is 1.58. The van der Waals surface area contributed by atoms with Crippen LogP contribution >= 0.6 is 0 Å². The van der Waals surface area contributed by atoms with Crippen molar-refractivity contribution in [3.63, 3.8) is 0 Å². The second kappa shape index (κ2) is 9.36. The van der Waals surface area contributed by atoms with E-state index in [-0.39, 0.29) is 17.6 Å². The SMILES string of the molecule is CN=C(NCc1ccc(C(=O)NC)cc1)NC1CCN(c2c(F)cccc2F)C1. The lowest BCUT2D eigenvalue weighted by molar-refractivity contribution is 0.0963. The molecule has 154 valence electrons. The fraction of sp³-hybridized carbons (Fsp3) is 0.333. The Bertz CT molecular complexity index is 865. The van der Waals surface area contributed by atoms with Crippen LogP contribution in [0.15, 0.2) is 47.5 Å². The molecular weight excluding hydrogens is 376 g/mol. The third-order valence-corrected chi connectivity index (χ3v) is 4.91. The summed E-state index contributed by atoms with van der Waals surface area (Å²) < 4.78 is 28.0. The maximum absolute atomic E-state index is 14.0. The molecule has 1 heterocycles. The van der Waals surface area contributed by atoms with Crippen LogP contribution < -0.4 is 20.9 Å². The van der Waals surface area contributed by atoms with Gasteiger partial charge in [0.2, 0.25) is 0 Å². The number of hydrogen-bond acceptors (Lipinski definition) is 3. The highest BCUT2D eigenvalue weighted by molar-refractivity contribution is 5.93. The number of amides is 1. The van der Waals surface area contributed by atoms with Gasteiger partial charge in [0.1, 0.15) is 17.3 Å². The Balaban J connectivity index is 1.54. The van der Waals surface area contributed by atoms with Gasteiger partial charge in [-0.3, -0.25) is 9.79 Å². The molecular formula is C21H25F2N5O. The van der Waals surface area contributed by atoms with Gasteiger partial charge in [0.05, 0.1) is 0 Å². The topological polar surface area (TPSA) is 68.8 Å². The number of para-hydroxylation sites is 1. The molecule has 3 N–H and O–H groups in total. The van der Waals surface area contributed by atoms with Crippen molar-refractivity contribution in [2.24, 2.45) is 4.99 Å². The summed E-state index contributed by atoms with van der Waals surface area (Å²) in [6.07, 6.45) is 0.745. The van der Waals surface area contributed by atoms with E-state index < -0.39 is 11.6 Å². The molecule has 1 aliphatic heterocycles.